The largest absolute Gasteiger partial charge is 0.508 e. The summed E-state index contributed by atoms with van der Waals surface area (Å²) in [5.74, 6) is -1.63. The molecule has 39 heavy (non-hydrogen) atoms. The Morgan fingerprint density at radius 3 is 2.59 bits per heavy atom. The number of esters is 1. The van der Waals surface area contributed by atoms with Crippen LogP contribution in [0.5, 0.6) is 5.75 Å². The number of ether oxygens (including phenoxy) is 3. The van der Waals surface area contributed by atoms with Crippen molar-refractivity contribution in [2.24, 2.45) is 29.6 Å². The first kappa shape index (κ1) is 26.5. The second-order valence-corrected chi connectivity index (χ2v) is 13.2. The molecule has 1 unspecified atom stereocenters. The van der Waals surface area contributed by atoms with Crippen LogP contribution < -0.4 is 0 Å². The van der Waals surface area contributed by atoms with E-state index in [1.165, 1.54) is 6.07 Å². The maximum atomic E-state index is 14.2. The second-order valence-electron chi connectivity index (χ2n) is 13.2. The molecule has 1 aromatic rings. The maximum absolute atomic E-state index is 14.2. The summed E-state index contributed by atoms with van der Waals surface area (Å²) in [7, 11) is 0. The van der Waals surface area contributed by atoms with Gasteiger partial charge < -0.3 is 24.4 Å². The lowest BCUT2D eigenvalue weighted by Crippen LogP contribution is -2.53. The number of ketones is 2. The van der Waals surface area contributed by atoms with E-state index in [0.29, 0.717) is 42.4 Å². The quantitative estimate of drug-likeness (QED) is 0.549. The third-order valence-corrected chi connectivity index (χ3v) is 10.4. The van der Waals surface area contributed by atoms with E-state index in [-0.39, 0.29) is 82.5 Å². The summed E-state index contributed by atoms with van der Waals surface area (Å²) in [5, 5.41) is 21.6. The van der Waals surface area contributed by atoms with Crippen molar-refractivity contribution in [1.82, 2.24) is 0 Å². The van der Waals surface area contributed by atoms with Crippen LogP contribution in [-0.2, 0) is 30.8 Å². The van der Waals surface area contributed by atoms with Crippen molar-refractivity contribution in [3.8, 4) is 5.75 Å². The van der Waals surface area contributed by atoms with Crippen LogP contribution in [0.4, 0.5) is 0 Å². The Hall–Kier alpha value is -2.71. The maximum Gasteiger partial charge on any atom is 0.308 e. The number of Topliss-reactive ketones (excluding diaryl/α,β-unsaturated/α-hetero) is 2. The molecule has 0 spiro atoms. The molecule has 5 aliphatic rings. The molecule has 2 heterocycles. The number of aliphatic hydroxyl groups is 1. The van der Waals surface area contributed by atoms with Gasteiger partial charge in [0.2, 0.25) is 5.78 Å². The fourth-order valence-corrected chi connectivity index (χ4v) is 7.91. The number of aliphatic hydroxyl groups excluding tert-OH is 1. The average Bonchev–Trinajstić information content (AvgIpc) is 3.34. The van der Waals surface area contributed by atoms with Gasteiger partial charge in [0.15, 0.2) is 17.8 Å². The van der Waals surface area contributed by atoms with Gasteiger partial charge in [0, 0.05) is 39.5 Å². The van der Waals surface area contributed by atoms with E-state index in [1.807, 2.05) is 41.5 Å². The number of aromatic hydroxyl groups is 1. The van der Waals surface area contributed by atoms with Crippen molar-refractivity contribution >= 4 is 17.5 Å². The Morgan fingerprint density at radius 1 is 1.18 bits per heavy atom. The molecule has 8 heteroatoms. The van der Waals surface area contributed by atoms with Crippen molar-refractivity contribution in [3.05, 3.63) is 39.7 Å². The highest BCUT2D eigenvalue weighted by Gasteiger charge is 2.58. The Balaban J connectivity index is 1.40. The minimum atomic E-state index is -1.00. The van der Waals surface area contributed by atoms with Crippen LogP contribution in [0.2, 0.25) is 0 Å². The molecule has 8 nitrogen and oxygen atoms in total. The number of carbonyl (C=O) groups excluding carboxylic acids is 3. The van der Waals surface area contributed by atoms with Gasteiger partial charge >= 0.3 is 5.97 Å². The minimum Gasteiger partial charge on any atom is -0.508 e. The van der Waals surface area contributed by atoms with Gasteiger partial charge in [-0.25, -0.2) is 0 Å². The number of benzene rings is 1. The highest BCUT2D eigenvalue weighted by Crippen LogP contribution is 2.57. The summed E-state index contributed by atoms with van der Waals surface area (Å²) in [6.07, 6.45) is 0.874. The van der Waals surface area contributed by atoms with E-state index in [2.05, 4.69) is 0 Å². The molecule has 1 saturated carbocycles. The standard InChI is InChI=1S/C31H38O8/c1-7-13(2)28(35)38-21-11-18-15(8-14(21)3)23-25(33)17-10-20(32)24-16(9-19-29(36)37-12-31(19,24)6)22(17)26(34)27(23)39-30(18,4)5/h10,13-15,18-19,21,29,32,36H,7-9,11-12H2,1-6H3/t13?,14-,15-,18+,19-,21+,29+,31+/m1/s1. The van der Waals surface area contributed by atoms with Crippen LogP contribution in [0.3, 0.4) is 0 Å². The summed E-state index contributed by atoms with van der Waals surface area (Å²) in [5.41, 5.74) is 0.652. The fraction of sp³-hybridized carbons (Fsp3) is 0.645. The predicted molar refractivity (Wildman–Crippen MR) is 140 cm³/mol. The number of hydrogen-bond acceptors (Lipinski definition) is 8. The van der Waals surface area contributed by atoms with Gasteiger partial charge in [0.25, 0.3) is 0 Å². The smallest absolute Gasteiger partial charge is 0.308 e. The third-order valence-electron chi connectivity index (χ3n) is 10.4. The van der Waals surface area contributed by atoms with Crippen molar-refractivity contribution in [2.75, 3.05) is 6.61 Å². The lowest BCUT2D eigenvalue weighted by molar-refractivity contribution is -0.165. The number of phenols is 1. The topological polar surface area (TPSA) is 119 Å². The van der Waals surface area contributed by atoms with Crippen LogP contribution >= 0.6 is 0 Å². The second kappa shape index (κ2) is 8.64. The van der Waals surface area contributed by atoms with Gasteiger partial charge in [-0.15, -0.1) is 0 Å². The fourth-order valence-electron chi connectivity index (χ4n) is 7.91. The molecule has 0 bridgehead atoms. The molecule has 0 aromatic heterocycles. The molecule has 1 saturated heterocycles. The van der Waals surface area contributed by atoms with E-state index in [9.17, 15) is 24.6 Å². The molecule has 3 aliphatic carbocycles. The van der Waals surface area contributed by atoms with Gasteiger partial charge in [-0.2, -0.15) is 0 Å². The number of fused-ring (bicyclic) bond motifs is 7. The van der Waals surface area contributed by atoms with Crippen LogP contribution in [0.15, 0.2) is 17.4 Å². The first-order valence-corrected chi connectivity index (χ1v) is 14.2. The highest BCUT2D eigenvalue weighted by atomic mass is 16.6. The Kier molecular flexibility index (Phi) is 5.87. The molecule has 1 aromatic carbocycles. The van der Waals surface area contributed by atoms with Crippen molar-refractivity contribution in [1.29, 1.82) is 0 Å². The molecule has 8 atom stereocenters. The first-order valence-electron chi connectivity index (χ1n) is 14.2. The Bertz CT molecular complexity index is 1320. The molecular formula is C31H38O8. The van der Waals surface area contributed by atoms with Crippen LogP contribution in [0.1, 0.15) is 92.6 Å². The van der Waals surface area contributed by atoms with Gasteiger partial charge in [-0.3, -0.25) is 14.4 Å². The zero-order chi connectivity index (χ0) is 28.2. The average molecular weight is 539 g/mol. The number of allylic oxidation sites excluding steroid dienone is 2. The van der Waals surface area contributed by atoms with Gasteiger partial charge in [-0.1, -0.05) is 27.7 Å². The zero-order valence-electron chi connectivity index (χ0n) is 23.5. The molecule has 2 aliphatic heterocycles. The minimum absolute atomic E-state index is 0.000408. The van der Waals surface area contributed by atoms with Gasteiger partial charge in [-0.05, 0) is 63.0 Å². The van der Waals surface area contributed by atoms with Gasteiger partial charge in [0.1, 0.15) is 17.5 Å². The van der Waals surface area contributed by atoms with E-state index >= 15 is 0 Å². The zero-order valence-corrected chi connectivity index (χ0v) is 23.5. The summed E-state index contributed by atoms with van der Waals surface area (Å²) in [4.78, 5) is 40.9. The normalized spacial score (nSPS) is 36.8. The van der Waals surface area contributed by atoms with Crippen molar-refractivity contribution in [3.63, 3.8) is 0 Å². The van der Waals surface area contributed by atoms with Crippen LogP contribution in [-0.4, -0.2) is 52.4 Å². The molecule has 6 rings (SSSR count). The van der Waals surface area contributed by atoms with E-state index < -0.39 is 17.3 Å². The van der Waals surface area contributed by atoms with Crippen molar-refractivity contribution < 1.29 is 38.8 Å². The number of rotatable bonds is 3. The number of phenolic OH excluding ortho intramolecular Hbond substituents is 1. The lowest BCUT2D eigenvalue weighted by Gasteiger charge is -2.51. The SMILES string of the molecule is CCC(C)C(=O)O[C@H]1C[C@H]2[C@@H](C[C@H]1C)C1=C(OC2(C)C)C(=O)c2c(cc(O)c3c2C[C@@H]2[C@@H](O)OC[C@]32C)C1=O. The summed E-state index contributed by atoms with van der Waals surface area (Å²) in [6.45, 7) is 11.9. The third kappa shape index (κ3) is 3.60. The van der Waals surface area contributed by atoms with Crippen LogP contribution in [0, 0.1) is 29.6 Å². The van der Waals surface area contributed by atoms with Gasteiger partial charge in [0.05, 0.1) is 12.5 Å². The Morgan fingerprint density at radius 2 is 1.90 bits per heavy atom. The lowest BCUT2D eigenvalue weighted by atomic mass is 9.61. The molecular weight excluding hydrogens is 500 g/mol. The predicted octanol–water partition coefficient (Wildman–Crippen LogP) is 4.23. The van der Waals surface area contributed by atoms with Crippen molar-refractivity contribution in [2.45, 2.75) is 90.6 Å². The van der Waals surface area contributed by atoms with E-state index in [0.717, 1.165) is 0 Å². The molecule has 0 radical (unpaired) electrons. The molecule has 0 amide bonds. The first-order chi connectivity index (χ1) is 18.3. The highest BCUT2D eigenvalue weighted by molar-refractivity contribution is 6.27. The molecule has 2 N–H and O–H groups in total. The summed E-state index contributed by atoms with van der Waals surface area (Å²) < 4.78 is 17.8. The molecule has 2 fully saturated rings. The van der Waals surface area contributed by atoms with E-state index in [1.54, 1.807) is 0 Å². The van der Waals surface area contributed by atoms with E-state index in [4.69, 9.17) is 14.2 Å². The number of carbonyl (C=O) groups is 3. The number of hydrogen-bond donors (Lipinski definition) is 2. The monoisotopic (exact) mass is 538 g/mol. The molecule has 210 valence electrons. The van der Waals surface area contributed by atoms with Crippen LogP contribution in [0.25, 0.3) is 0 Å². The summed E-state index contributed by atoms with van der Waals surface area (Å²) in [6, 6.07) is 1.42. The summed E-state index contributed by atoms with van der Waals surface area (Å²) >= 11 is 0. The Labute approximate surface area is 228 Å².